The van der Waals surface area contributed by atoms with Crippen molar-refractivity contribution in [1.29, 1.82) is 0 Å². The predicted octanol–water partition coefficient (Wildman–Crippen LogP) is 3.90. The monoisotopic (exact) mass is 240 g/mol. The van der Waals surface area contributed by atoms with Gasteiger partial charge in [0.2, 0.25) is 0 Å². The zero-order chi connectivity index (χ0) is 13.2. The predicted molar refractivity (Wildman–Crippen MR) is 78.3 cm³/mol. The molecule has 0 saturated heterocycles. The first kappa shape index (κ1) is 11.4. The summed E-state index contributed by atoms with van der Waals surface area (Å²) in [6.45, 7) is 8.82. The van der Waals surface area contributed by atoms with Crippen molar-refractivity contribution in [1.82, 2.24) is 9.13 Å². The van der Waals surface area contributed by atoms with Crippen LogP contribution in [0.25, 0.3) is 21.8 Å². The minimum Gasteiger partial charge on any atom is -0.348 e. The second-order valence-corrected chi connectivity index (χ2v) is 5.43. The van der Waals surface area contributed by atoms with E-state index >= 15 is 0 Å². The van der Waals surface area contributed by atoms with Crippen LogP contribution in [0.3, 0.4) is 0 Å². The fourth-order valence-corrected chi connectivity index (χ4v) is 2.99. The van der Waals surface area contributed by atoms with E-state index in [1.165, 1.54) is 44.3 Å². The summed E-state index contributed by atoms with van der Waals surface area (Å²) in [4.78, 5) is 0. The topological polar surface area (TPSA) is 9.86 Å². The summed E-state index contributed by atoms with van der Waals surface area (Å²) >= 11 is 0. The van der Waals surface area contributed by atoms with Gasteiger partial charge in [0.1, 0.15) is 0 Å². The molecule has 0 unspecified atom stereocenters. The van der Waals surface area contributed by atoms with Crippen LogP contribution in [0.15, 0.2) is 12.1 Å². The third kappa shape index (κ3) is 1.18. The average Bonchev–Trinajstić information content (AvgIpc) is 2.71. The lowest BCUT2D eigenvalue weighted by atomic mass is 10.1. The Kier molecular flexibility index (Phi) is 2.16. The Hall–Kier alpha value is -1.70. The quantitative estimate of drug-likeness (QED) is 0.564. The van der Waals surface area contributed by atoms with Crippen LogP contribution in [0, 0.1) is 27.7 Å². The van der Waals surface area contributed by atoms with Gasteiger partial charge in [-0.15, -0.1) is 0 Å². The fraction of sp³-hybridized carbons (Fsp3) is 0.375. The summed E-state index contributed by atoms with van der Waals surface area (Å²) < 4.78 is 4.59. The SMILES string of the molecule is Cc1c(C)n(C)c2cc3c(cc12)c(C)c(C)n3C. The van der Waals surface area contributed by atoms with Crippen molar-refractivity contribution in [2.24, 2.45) is 14.1 Å². The maximum atomic E-state index is 2.36. The first-order chi connectivity index (χ1) is 8.43. The highest BCUT2D eigenvalue weighted by atomic mass is 15.0. The van der Waals surface area contributed by atoms with E-state index in [0.717, 1.165) is 0 Å². The Bertz CT molecular complexity index is 658. The highest BCUT2D eigenvalue weighted by Gasteiger charge is 2.14. The zero-order valence-electron chi connectivity index (χ0n) is 12.0. The van der Waals surface area contributed by atoms with Crippen LogP contribution >= 0.6 is 0 Å². The molecule has 0 atom stereocenters. The molecule has 0 aliphatic heterocycles. The Labute approximate surface area is 108 Å². The molecule has 0 aliphatic carbocycles. The number of hydrogen-bond donors (Lipinski definition) is 0. The smallest absolute Gasteiger partial charge is 0.0503 e. The molecule has 3 rings (SSSR count). The van der Waals surface area contributed by atoms with Crippen LogP contribution in [-0.2, 0) is 14.1 Å². The number of rotatable bonds is 0. The lowest BCUT2D eigenvalue weighted by Crippen LogP contribution is -1.92. The van der Waals surface area contributed by atoms with Crippen LogP contribution in [0.5, 0.6) is 0 Å². The van der Waals surface area contributed by atoms with Gasteiger partial charge in [-0.25, -0.2) is 0 Å². The lowest BCUT2D eigenvalue weighted by Gasteiger charge is -2.01. The van der Waals surface area contributed by atoms with E-state index in [4.69, 9.17) is 0 Å². The second-order valence-electron chi connectivity index (χ2n) is 5.43. The molecule has 2 aromatic heterocycles. The number of aryl methyl sites for hydroxylation is 4. The van der Waals surface area contributed by atoms with Gasteiger partial charge in [-0.1, -0.05) is 0 Å². The molecule has 0 spiro atoms. The first-order valence-corrected chi connectivity index (χ1v) is 6.44. The molecule has 0 saturated carbocycles. The molecule has 0 aliphatic rings. The highest BCUT2D eigenvalue weighted by Crippen LogP contribution is 2.32. The van der Waals surface area contributed by atoms with E-state index in [-0.39, 0.29) is 0 Å². The largest absolute Gasteiger partial charge is 0.348 e. The van der Waals surface area contributed by atoms with Gasteiger partial charge in [0.05, 0.1) is 11.0 Å². The minimum absolute atomic E-state index is 1.33. The molecule has 0 fully saturated rings. The van der Waals surface area contributed by atoms with Crippen molar-refractivity contribution >= 4 is 21.8 Å². The average molecular weight is 240 g/mol. The van der Waals surface area contributed by atoms with Gasteiger partial charge in [0.25, 0.3) is 0 Å². The Morgan fingerprint density at radius 2 is 1.06 bits per heavy atom. The summed E-state index contributed by atoms with van der Waals surface area (Å²) in [5.74, 6) is 0. The second kappa shape index (κ2) is 3.41. The molecule has 0 amide bonds. The molecule has 94 valence electrons. The Morgan fingerprint density at radius 3 is 1.44 bits per heavy atom. The van der Waals surface area contributed by atoms with Gasteiger partial charge >= 0.3 is 0 Å². The van der Waals surface area contributed by atoms with Crippen molar-refractivity contribution in [3.05, 3.63) is 34.6 Å². The van der Waals surface area contributed by atoms with Gasteiger partial charge < -0.3 is 9.13 Å². The summed E-state index contributed by atoms with van der Waals surface area (Å²) in [7, 11) is 4.30. The molecule has 18 heavy (non-hydrogen) atoms. The molecular formula is C16H20N2. The van der Waals surface area contributed by atoms with Gasteiger partial charge in [-0.2, -0.15) is 0 Å². The Morgan fingerprint density at radius 1 is 0.667 bits per heavy atom. The van der Waals surface area contributed by atoms with E-state index in [1.807, 2.05) is 0 Å². The van der Waals surface area contributed by atoms with Crippen LogP contribution in [0.1, 0.15) is 22.5 Å². The van der Waals surface area contributed by atoms with Crippen LogP contribution < -0.4 is 0 Å². The number of hydrogen-bond acceptors (Lipinski definition) is 0. The molecule has 3 aromatic rings. The maximum absolute atomic E-state index is 2.36. The van der Waals surface area contributed by atoms with Gasteiger partial charge in [-0.3, -0.25) is 0 Å². The summed E-state index contributed by atoms with van der Waals surface area (Å²) in [6, 6.07) is 4.68. The first-order valence-electron chi connectivity index (χ1n) is 6.44. The number of nitrogens with zero attached hydrogens (tertiary/aromatic N) is 2. The molecular weight excluding hydrogens is 220 g/mol. The molecule has 2 heteroatoms. The van der Waals surface area contributed by atoms with E-state index in [9.17, 15) is 0 Å². The van der Waals surface area contributed by atoms with Crippen molar-refractivity contribution in [2.45, 2.75) is 27.7 Å². The number of fused-ring (bicyclic) bond motifs is 2. The third-order valence-electron chi connectivity index (χ3n) is 4.74. The van der Waals surface area contributed by atoms with Crippen LogP contribution in [-0.4, -0.2) is 9.13 Å². The maximum Gasteiger partial charge on any atom is 0.0503 e. The van der Waals surface area contributed by atoms with Crippen molar-refractivity contribution in [3.63, 3.8) is 0 Å². The van der Waals surface area contributed by atoms with Gasteiger partial charge in [0.15, 0.2) is 0 Å². The highest BCUT2D eigenvalue weighted by molar-refractivity contribution is 6.00. The van der Waals surface area contributed by atoms with Gasteiger partial charge in [-0.05, 0) is 51.0 Å². The molecule has 1 aromatic carbocycles. The summed E-state index contributed by atoms with van der Waals surface area (Å²) in [5.41, 5.74) is 8.17. The Balaban J connectivity index is 2.59. The molecule has 2 heterocycles. The summed E-state index contributed by atoms with van der Waals surface area (Å²) in [5, 5.41) is 2.77. The van der Waals surface area contributed by atoms with Crippen molar-refractivity contribution < 1.29 is 0 Å². The van der Waals surface area contributed by atoms with Crippen LogP contribution in [0.4, 0.5) is 0 Å². The van der Waals surface area contributed by atoms with Crippen LogP contribution in [0.2, 0.25) is 0 Å². The molecule has 0 bridgehead atoms. The van der Waals surface area contributed by atoms with E-state index in [0.29, 0.717) is 0 Å². The van der Waals surface area contributed by atoms with Crippen molar-refractivity contribution in [2.75, 3.05) is 0 Å². The van der Waals surface area contributed by atoms with E-state index in [2.05, 4.69) is 63.1 Å². The lowest BCUT2D eigenvalue weighted by molar-refractivity contribution is 0.901. The normalized spacial score (nSPS) is 11.9. The number of aromatic nitrogens is 2. The third-order valence-corrected chi connectivity index (χ3v) is 4.74. The van der Waals surface area contributed by atoms with Crippen molar-refractivity contribution in [3.8, 4) is 0 Å². The van der Waals surface area contributed by atoms with Gasteiger partial charge in [0, 0.05) is 36.3 Å². The van der Waals surface area contributed by atoms with E-state index < -0.39 is 0 Å². The zero-order valence-corrected chi connectivity index (χ0v) is 12.0. The number of benzene rings is 1. The van der Waals surface area contributed by atoms with E-state index in [1.54, 1.807) is 0 Å². The summed E-state index contributed by atoms with van der Waals surface area (Å²) in [6.07, 6.45) is 0. The molecule has 0 N–H and O–H groups in total. The molecule has 2 nitrogen and oxygen atoms in total. The molecule has 0 radical (unpaired) electrons. The standard InChI is InChI=1S/C16H20N2/c1-9-11(3)17(5)15-8-16-14(7-13(9)15)10(2)12(4)18(16)6/h7-8H,1-6H3. The minimum atomic E-state index is 1.33. The fourth-order valence-electron chi connectivity index (χ4n) is 2.99.